The van der Waals surface area contributed by atoms with Gasteiger partial charge >= 0.3 is 5.97 Å². The number of ketones is 1. The van der Waals surface area contributed by atoms with Gasteiger partial charge in [0.05, 0.1) is 29.6 Å². The van der Waals surface area contributed by atoms with Gasteiger partial charge in [-0.25, -0.2) is 0 Å². The van der Waals surface area contributed by atoms with E-state index in [0.717, 1.165) is 5.57 Å². The van der Waals surface area contributed by atoms with E-state index >= 15 is 0 Å². The summed E-state index contributed by atoms with van der Waals surface area (Å²) in [7, 11) is 0. The van der Waals surface area contributed by atoms with Crippen LogP contribution >= 0.6 is 0 Å². The van der Waals surface area contributed by atoms with Crippen molar-refractivity contribution in [3.05, 3.63) is 11.6 Å². The lowest BCUT2D eigenvalue weighted by atomic mass is 9.42. The van der Waals surface area contributed by atoms with Gasteiger partial charge in [0, 0.05) is 17.3 Å². The van der Waals surface area contributed by atoms with E-state index in [0.29, 0.717) is 6.42 Å². The van der Waals surface area contributed by atoms with Crippen LogP contribution in [0.1, 0.15) is 34.1 Å². The van der Waals surface area contributed by atoms with Crippen LogP contribution in [0.4, 0.5) is 0 Å². The van der Waals surface area contributed by atoms with E-state index in [1.54, 1.807) is 19.9 Å². The van der Waals surface area contributed by atoms with Gasteiger partial charge in [0.15, 0.2) is 5.78 Å². The Kier molecular flexibility index (Phi) is 3.39. The number of aliphatic hydroxyl groups is 3. The molecule has 6 heteroatoms. The lowest BCUT2D eigenvalue weighted by Crippen LogP contribution is -2.68. The standard InChI is InChI=1S/C19H26O6/c1-7-5-10(20)16(23)18(3)9(7)6-11(21)19(4)12-8(2)14(25-17(12)24)13(22)15(18)19/h6-8,10,12-16,20,22-23H,5H2,1-4H3/t7-,8-,10+,12-,13+,14-,15+,16-,18+,19+/m1/s1. The van der Waals surface area contributed by atoms with Gasteiger partial charge in [0.1, 0.15) is 6.10 Å². The van der Waals surface area contributed by atoms with Crippen LogP contribution in [0.2, 0.25) is 0 Å². The molecule has 0 aromatic rings. The molecule has 2 saturated carbocycles. The van der Waals surface area contributed by atoms with Crippen molar-refractivity contribution in [2.75, 3.05) is 0 Å². The summed E-state index contributed by atoms with van der Waals surface area (Å²) < 4.78 is 5.42. The Bertz CT molecular complexity index is 685. The SMILES string of the molecule is C[C@H]1[C@H]2OC(=O)[C@@H]1[C@]1(C)C(=O)C=C3[C@H](C)C[C@H](O)[C@@H](O)[C@]3(C)[C@@H]1[C@H]2O. The second kappa shape index (κ2) is 4.93. The molecule has 0 aromatic carbocycles. The van der Waals surface area contributed by atoms with Crippen LogP contribution in [0.25, 0.3) is 0 Å². The van der Waals surface area contributed by atoms with E-state index in [9.17, 15) is 24.9 Å². The fourth-order valence-corrected chi connectivity index (χ4v) is 6.59. The minimum Gasteiger partial charge on any atom is -0.459 e. The molecule has 4 aliphatic rings. The highest BCUT2D eigenvalue weighted by atomic mass is 16.6. The van der Waals surface area contributed by atoms with E-state index in [4.69, 9.17) is 4.74 Å². The first-order valence-electron chi connectivity index (χ1n) is 9.07. The number of ether oxygens (including phenoxy) is 1. The van der Waals surface area contributed by atoms with Crippen molar-refractivity contribution in [3.8, 4) is 0 Å². The Morgan fingerprint density at radius 2 is 1.76 bits per heavy atom. The molecule has 1 saturated heterocycles. The topological polar surface area (TPSA) is 104 Å². The quantitative estimate of drug-likeness (QED) is 0.548. The molecule has 6 nitrogen and oxygen atoms in total. The number of rotatable bonds is 0. The van der Waals surface area contributed by atoms with Crippen LogP contribution in [-0.2, 0) is 14.3 Å². The fraction of sp³-hybridized carbons (Fsp3) is 0.789. The van der Waals surface area contributed by atoms with Crippen molar-refractivity contribution >= 4 is 11.8 Å². The van der Waals surface area contributed by atoms with E-state index in [2.05, 4.69) is 0 Å². The minimum absolute atomic E-state index is 0.0854. The number of fused-ring (bicyclic) bond motifs is 6. The highest BCUT2D eigenvalue weighted by Crippen LogP contribution is 2.65. The molecule has 1 heterocycles. The maximum Gasteiger partial charge on any atom is 0.310 e. The number of allylic oxidation sites excluding steroid dienone is 1. The number of hydrogen-bond donors (Lipinski definition) is 3. The van der Waals surface area contributed by atoms with E-state index in [-0.39, 0.29) is 17.6 Å². The van der Waals surface area contributed by atoms with Gasteiger partial charge in [-0.05, 0) is 18.4 Å². The summed E-state index contributed by atoms with van der Waals surface area (Å²) in [5.41, 5.74) is -1.37. The summed E-state index contributed by atoms with van der Waals surface area (Å²) in [5, 5.41) is 32.4. The van der Waals surface area contributed by atoms with Crippen molar-refractivity contribution in [1.82, 2.24) is 0 Å². The Morgan fingerprint density at radius 1 is 1.12 bits per heavy atom. The molecule has 138 valence electrons. The summed E-state index contributed by atoms with van der Waals surface area (Å²) in [6.45, 7) is 7.27. The third-order valence-corrected chi connectivity index (χ3v) is 7.71. The zero-order valence-corrected chi connectivity index (χ0v) is 15.0. The Morgan fingerprint density at radius 3 is 2.40 bits per heavy atom. The van der Waals surface area contributed by atoms with Crippen molar-refractivity contribution < 1.29 is 29.6 Å². The molecule has 10 atom stereocenters. The summed E-state index contributed by atoms with van der Waals surface area (Å²) in [5.74, 6) is -2.32. The molecule has 3 aliphatic carbocycles. The highest BCUT2D eigenvalue weighted by Gasteiger charge is 2.73. The fourth-order valence-electron chi connectivity index (χ4n) is 6.59. The molecule has 0 amide bonds. The molecule has 0 spiro atoms. The predicted octanol–water partition coefficient (Wildman–Crippen LogP) is 0.438. The predicted molar refractivity (Wildman–Crippen MR) is 87.1 cm³/mol. The van der Waals surface area contributed by atoms with E-state index in [1.165, 1.54) is 0 Å². The molecular formula is C19H26O6. The average Bonchev–Trinajstić information content (AvgIpc) is 2.78. The second-order valence-corrected chi connectivity index (χ2v) is 8.88. The molecule has 0 unspecified atom stereocenters. The van der Waals surface area contributed by atoms with E-state index < -0.39 is 53.1 Å². The largest absolute Gasteiger partial charge is 0.459 e. The molecule has 3 N–H and O–H groups in total. The highest BCUT2D eigenvalue weighted by molar-refractivity contribution is 6.01. The third-order valence-electron chi connectivity index (χ3n) is 7.71. The maximum atomic E-state index is 13.2. The number of aliphatic hydroxyl groups excluding tert-OH is 3. The minimum atomic E-state index is -1.15. The van der Waals surface area contributed by atoms with Crippen LogP contribution in [0.15, 0.2) is 11.6 Å². The number of carbonyl (C=O) groups is 2. The first kappa shape index (κ1) is 17.2. The molecule has 4 rings (SSSR count). The van der Waals surface area contributed by atoms with Crippen LogP contribution in [0, 0.1) is 34.5 Å². The maximum absolute atomic E-state index is 13.2. The summed E-state index contributed by atoms with van der Waals surface area (Å²) >= 11 is 0. The smallest absolute Gasteiger partial charge is 0.310 e. The second-order valence-electron chi connectivity index (χ2n) is 8.88. The van der Waals surface area contributed by atoms with Crippen LogP contribution < -0.4 is 0 Å². The molecule has 0 radical (unpaired) electrons. The normalized spacial score (nSPS) is 57.5. The number of carbonyl (C=O) groups excluding carboxylic acids is 2. The van der Waals surface area contributed by atoms with Gasteiger partial charge in [-0.15, -0.1) is 0 Å². The van der Waals surface area contributed by atoms with Gasteiger partial charge in [-0.2, -0.15) is 0 Å². The average molecular weight is 350 g/mol. The van der Waals surface area contributed by atoms with Gasteiger partial charge in [0.2, 0.25) is 0 Å². The first-order chi connectivity index (χ1) is 11.6. The van der Waals surface area contributed by atoms with Crippen molar-refractivity contribution in [1.29, 1.82) is 0 Å². The molecular weight excluding hydrogens is 324 g/mol. The van der Waals surface area contributed by atoms with E-state index in [1.807, 2.05) is 13.8 Å². The van der Waals surface area contributed by atoms with Crippen molar-refractivity contribution in [2.24, 2.45) is 34.5 Å². The monoisotopic (exact) mass is 350 g/mol. The van der Waals surface area contributed by atoms with Gasteiger partial charge in [-0.3, -0.25) is 9.59 Å². The molecule has 2 bridgehead atoms. The van der Waals surface area contributed by atoms with Crippen LogP contribution in [0.5, 0.6) is 0 Å². The zero-order valence-electron chi connectivity index (χ0n) is 15.0. The van der Waals surface area contributed by atoms with Crippen molar-refractivity contribution in [2.45, 2.75) is 58.5 Å². The third kappa shape index (κ3) is 1.76. The lowest BCUT2D eigenvalue weighted by Gasteiger charge is -2.61. The molecule has 25 heavy (non-hydrogen) atoms. The summed E-state index contributed by atoms with van der Waals surface area (Å²) in [6, 6.07) is 0. The Balaban J connectivity index is 1.97. The number of esters is 1. The zero-order chi connectivity index (χ0) is 18.5. The van der Waals surface area contributed by atoms with Gasteiger partial charge in [-0.1, -0.05) is 33.3 Å². The van der Waals surface area contributed by atoms with Crippen LogP contribution in [-0.4, -0.2) is 51.5 Å². The van der Waals surface area contributed by atoms with Gasteiger partial charge in [0.25, 0.3) is 0 Å². The lowest BCUT2D eigenvalue weighted by molar-refractivity contribution is -0.195. The first-order valence-corrected chi connectivity index (χ1v) is 9.07. The Hall–Kier alpha value is -1.24. The Labute approximate surface area is 146 Å². The van der Waals surface area contributed by atoms with Crippen LogP contribution in [0.3, 0.4) is 0 Å². The summed E-state index contributed by atoms with van der Waals surface area (Å²) in [6.07, 6.45) is -1.86. The summed E-state index contributed by atoms with van der Waals surface area (Å²) in [4.78, 5) is 25.6. The molecule has 3 fully saturated rings. The molecule has 1 aliphatic heterocycles. The number of hydrogen-bond acceptors (Lipinski definition) is 6. The van der Waals surface area contributed by atoms with Gasteiger partial charge < -0.3 is 20.1 Å². The van der Waals surface area contributed by atoms with Crippen molar-refractivity contribution in [3.63, 3.8) is 0 Å². The molecule has 0 aromatic heterocycles.